The fraction of sp³-hybridized carbons (Fsp3) is 0.385. The Morgan fingerprint density at radius 2 is 2.19 bits per heavy atom. The Hall–Kier alpha value is -1.32. The quantitative estimate of drug-likeness (QED) is 0.823. The van der Waals surface area contributed by atoms with Crippen molar-refractivity contribution in [3.8, 4) is 0 Å². The van der Waals surface area contributed by atoms with Gasteiger partial charge in [-0.1, -0.05) is 18.2 Å². The lowest BCUT2D eigenvalue weighted by atomic mass is 10.1. The Kier molecular flexibility index (Phi) is 2.42. The van der Waals surface area contributed by atoms with Crippen LogP contribution in [0.5, 0.6) is 0 Å². The highest BCUT2D eigenvalue weighted by Gasteiger charge is 2.22. The van der Waals surface area contributed by atoms with E-state index < -0.39 is 0 Å². The first-order chi connectivity index (χ1) is 7.84. The van der Waals surface area contributed by atoms with E-state index in [9.17, 15) is 0 Å². The average molecular weight is 216 g/mol. The Bertz CT molecular complexity index is 487. The minimum Gasteiger partial charge on any atom is -0.464 e. The Morgan fingerprint density at radius 1 is 1.38 bits per heavy atom. The third kappa shape index (κ3) is 1.84. The minimum atomic E-state index is 0.0178. The zero-order chi connectivity index (χ0) is 11.0. The molecule has 1 fully saturated rings. The van der Waals surface area contributed by atoms with Crippen molar-refractivity contribution in [1.29, 1.82) is 0 Å². The second kappa shape index (κ2) is 3.92. The summed E-state index contributed by atoms with van der Waals surface area (Å²) in [5.74, 6) is 0. The van der Waals surface area contributed by atoms with Crippen LogP contribution in [-0.2, 0) is 0 Å². The topological polar surface area (TPSA) is 51.2 Å². The van der Waals surface area contributed by atoms with Crippen molar-refractivity contribution in [3.63, 3.8) is 0 Å². The number of hydrogen-bond donors (Lipinski definition) is 2. The molecule has 3 nitrogen and oxygen atoms in total. The highest BCUT2D eigenvalue weighted by Crippen LogP contribution is 2.25. The lowest BCUT2D eigenvalue weighted by molar-refractivity contribution is 0.572. The molecule has 0 bridgehead atoms. The number of fused-ring (bicyclic) bond motifs is 1. The molecule has 1 heterocycles. The average Bonchev–Trinajstić information content (AvgIpc) is 3.04. The molecule has 0 radical (unpaired) electrons. The van der Waals surface area contributed by atoms with E-state index in [0.717, 1.165) is 23.1 Å². The number of hydrogen-bond acceptors (Lipinski definition) is 3. The summed E-state index contributed by atoms with van der Waals surface area (Å²) >= 11 is 0. The Labute approximate surface area is 94.6 Å². The minimum absolute atomic E-state index is 0.0178. The molecule has 16 heavy (non-hydrogen) atoms. The molecule has 1 unspecified atom stereocenters. The molecule has 1 aliphatic rings. The molecule has 0 aliphatic heterocycles. The molecule has 1 aromatic heterocycles. The van der Waals surface area contributed by atoms with Crippen molar-refractivity contribution in [2.45, 2.75) is 24.9 Å². The number of furan rings is 1. The van der Waals surface area contributed by atoms with Gasteiger partial charge in [-0.2, -0.15) is 0 Å². The van der Waals surface area contributed by atoms with Gasteiger partial charge in [-0.25, -0.2) is 0 Å². The van der Waals surface area contributed by atoms with Crippen LogP contribution in [0.2, 0.25) is 0 Å². The van der Waals surface area contributed by atoms with Crippen LogP contribution in [0, 0.1) is 0 Å². The van der Waals surface area contributed by atoms with E-state index in [-0.39, 0.29) is 6.04 Å². The molecule has 2 aromatic rings. The van der Waals surface area contributed by atoms with Crippen molar-refractivity contribution in [3.05, 3.63) is 36.1 Å². The van der Waals surface area contributed by atoms with Gasteiger partial charge in [0.05, 0.1) is 6.26 Å². The Morgan fingerprint density at radius 3 is 3.00 bits per heavy atom. The first-order valence-electron chi connectivity index (χ1n) is 5.79. The van der Waals surface area contributed by atoms with E-state index in [1.54, 1.807) is 6.26 Å². The molecule has 0 spiro atoms. The van der Waals surface area contributed by atoms with Crippen LogP contribution in [0.1, 0.15) is 24.4 Å². The molecule has 1 aliphatic carbocycles. The third-order valence-corrected chi connectivity index (χ3v) is 3.11. The van der Waals surface area contributed by atoms with E-state index in [1.165, 1.54) is 12.8 Å². The van der Waals surface area contributed by atoms with Crippen molar-refractivity contribution in [1.82, 2.24) is 5.32 Å². The molecular weight excluding hydrogens is 200 g/mol. The number of para-hydroxylation sites is 1. The molecule has 1 saturated carbocycles. The summed E-state index contributed by atoms with van der Waals surface area (Å²) in [5.41, 5.74) is 8.18. The molecule has 3 heteroatoms. The van der Waals surface area contributed by atoms with Crippen LogP contribution in [0.25, 0.3) is 11.0 Å². The zero-order valence-corrected chi connectivity index (χ0v) is 9.15. The maximum absolute atomic E-state index is 6.16. The molecule has 0 amide bonds. The van der Waals surface area contributed by atoms with E-state index >= 15 is 0 Å². The lowest BCUT2D eigenvalue weighted by Gasteiger charge is -2.10. The molecule has 3 N–H and O–H groups in total. The van der Waals surface area contributed by atoms with Gasteiger partial charge in [0.2, 0.25) is 0 Å². The maximum atomic E-state index is 6.16. The number of nitrogens with one attached hydrogen (secondary N) is 1. The largest absolute Gasteiger partial charge is 0.464 e. The van der Waals surface area contributed by atoms with Crippen LogP contribution in [0.3, 0.4) is 0 Å². The summed E-state index contributed by atoms with van der Waals surface area (Å²) in [5, 5.41) is 4.57. The van der Waals surface area contributed by atoms with Gasteiger partial charge in [0.1, 0.15) is 5.58 Å². The Balaban J connectivity index is 1.80. The molecule has 0 saturated heterocycles. The van der Waals surface area contributed by atoms with Gasteiger partial charge in [-0.15, -0.1) is 0 Å². The van der Waals surface area contributed by atoms with Crippen molar-refractivity contribution < 1.29 is 4.42 Å². The maximum Gasteiger partial charge on any atom is 0.134 e. The van der Waals surface area contributed by atoms with E-state index in [0.29, 0.717) is 6.04 Å². The fourth-order valence-corrected chi connectivity index (χ4v) is 1.98. The van der Waals surface area contributed by atoms with Gasteiger partial charge in [0, 0.05) is 29.6 Å². The summed E-state index contributed by atoms with van der Waals surface area (Å²) in [6.45, 7) is 0.828. The van der Waals surface area contributed by atoms with Crippen LogP contribution in [0.15, 0.2) is 34.9 Å². The zero-order valence-electron chi connectivity index (χ0n) is 9.15. The van der Waals surface area contributed by atoms with Crippen LogP contribution in [-0.4, -0.2) is 12.6 Å². The van der Waals surface area contributed by atoms with Gasteiger partial charge in [-0.05, 0) is 18.9 Å². The number of nitrogens with two attached hydrogens (primary N) is 1. The molecule has 1 aromatic carbocycles. The SMILES string of the molecule is NC(CNC1CC1)c1coc2ccccc12. The summed E-state index contributed by atoms with van der Waals surface area (Å²) in [7, 11) is 0. The van der Waals surface area contributed by atoms with Gasteiger partial charge in [0.15, 0.2) is 0 Å². The summed E-state index contributed by atoms with van der Waals surface area (Å²) in [4.78, 5) is 0. The van der Waals surface area contributed by atoms with Gasteiger partial charge < -0.3 is 15.5 Å². The second-order valence-electron chi connectivity index (χ2n) is 4.48. The molecule has 1 atom stereocenters. The van der Waals surface area contributed by atoms with Crippen molar-refractivity contribution in [2.75, 3.05) is 6.54 Å². The third-order valence-electron chi connectivity index (χ3n) is 3.11. The van der Waals surface area contributed by atoms with Crippen molar-refractivity contribution >= 4 is 11.0 Å². The standard InChI is InChI=1S/C13H16N2O/c14-12(7-15-9-5-6-9)11-8-16-13-4-2-1-3-10(11)13/h1-4,8-9,12,15H,5-7,14H2. The van der Waals surface area contributed by atoms with Crippen LogP contribution in [0.4, 0.5) is 0 Å². The number of rotatable bonds is 4. The predicted molar refractivity (Wildman–Crippen MR) is 64.2 cm³/mol. The monoisotopic (exact) mass is 216 g/mol. The van der Waals surface area contributed by atoms with Crippen molar-refractivity contribution in [2.24, 2.45) is 5.73 Å². The van der Waals surface area contributed by atoms with Crippen LogP contribution < -0.4 is 11.1 Å². The van der Waals surface area contributed by atoms with E-state index in [2.05, 4.69) is 11.4 Å². The number of benzene rings is 1. The molecule has 84 valence electrons. The molecular formula is C13H16N2O. The van der Waals surface area contributed by atoms with E-state index in [4.69, 9.17) is 10.2 Å². The first-order valence-corrected chi connectivity index (χ1v) is 5.79. The summed E-state index contributed by atoms with van der Waals surface area (Å²) in [6, 6.07) is 8.74. The van der Waals surface area contributed by atoms with Gasteiger partial charge >= 0.3 is 0 Å². The summed E-state index contributed by atoms with van der Waals surface area (Å²) < 4.78 is 5.48. The van der Waals surface area contributed by atoms with Gasteiger partial charge in [-0.3, -0.25) is 0 Å². The predicted octanol–water partition coefficient (Wildman–Crippen LogP) is 2.18. The van der Waals surface area contributed by atoms with Gasteiger partial charge in [0.25, 0.3) is 0 Å². The first kappa shape index (κ1) is 9.87. The normalized spacial score (nSPS) is 17.8. The fourth-order valence-electron chi connectivity index (χ4n) is 1.98. The van der Waals surface area contributed by atoms with Crippen LogP contribution >= 0.6 is 0 Å². The highest BCUT2D eigenvalue weighted by molar-refractivity contribution is 5.81. The second-order valence-corrected chi connectivity index (χ2v) is 4.48. The molecule has 3 rings (SSSR count). The highest BCUT2D eigenvalue weighted by atomic mass is 16.3. The smallest absolute Gasteiger partial charge is 0.134 e. The lowest BCUT2D eigenvalue weighted by Crippen LogP contribution is -2.28. The summed E-state index contributed by atoms with van der Waals surface area (Å²) in [6.07, 6.45) is 4.36. The van der Waals surface area contributed by atoms with E-state index in [1.807, 2.05) is 18.2 Å².